The van der Waals surface area contributed by atoms with Gasteiger partial charge in [-0.25, -0.2) is 0 Å². The molecule has 4 nitrogen and oxygen atoms in total. The third-order valence-electron chi connectivity index (χ3n) is 2.58. The zero-order valence-corrected chi connectivity index (χ0v) is 15.8. The zero-order valence-electron chi connectivity index (χ0n) is 10.3. The number of hydrogen-bond acceptors (Lipinski definition) is 3. The Morgan fingerprint density at radius 2 is 1.81 bits per heavy atom. The molecule has 2 aromatic carbocycles. The summed E-state index contributed by atoms with van der Waals surface area (Å²) in [4.78, 5) is 10.3. The summed E-state index contributed by atoms with van der Waals surface area (Å²) < 4.78 is 6.69. The van der Waals surface area contributed by atoms with E-state index >= 15 is 0 Å². The largest absolute Gasteiger partial charge is 0.455 e. The van der Waals surface area contributed by atoms with Gasteiger partial charge in [-0.2, -0.15) is 0 Å². The molecule has 110 valence electrons. The predicted molar refractivity (Wildman–Crippen MR) is 92.7 cm³/mol. The summed E-state index contributed by atoms with van der Waals surface area (Å²) in [5.41, 5.74) is 0.916. The lowest BCUT2D eigenvalue weighted by Gasteiger charge is -2.11. The Morgan fingerprint density at radius 3 is 2.29 bits per heavy atom. The van der Waals surface area contributed by atoms with E-state index in [1.165, 1.54) is 12.1 Å². The van der Waals surface area contributed by atoms with Crippen LogP contribution in [0.15, 0.2) is 39.3 Å². The number of non-ortho nitro benzene ring substituents is 1. The fourth-order valence-electron chi connectivity index (χ4n) is 1.57. The highest BCUT2D eigenvalue weighted by molar-refractivity contribution is 9.11. The van der Waals surface area contributed by atoms with E-state index in [-0.39, 0.29) is 5.69 Å². The molecule has 0 bridgehead atoms. The van der Waals surface area contributed by atoms with E-state index < -0.39 is 4.92 Å². The molecule has 0 aliphatic carbocycles. The minimum absolute atomic E-state index is 0.0335. The standard InChI is InChI=1S/C13H7Br3ClNO3/c14-6-7-1-2-9(5-12(7)17)21-13-10(15)3-8(18(19)20)4-11(13)16/h1-5H,6H2. The second kappa shape index (κ2) is 7.09. The molecule has 0 saturated carbocycles. The van der Waals surface area contributed by atoms with Crippen molar-refractivity contribution in [2.24, 2.45) is 0 Å². The molecule has 21 heavy (non-hydrogen) atoms. The summed E-state index contributed by atoms with van der Waals surface area (Å²) in [5, 5.41) is 12.0. The van der Waals surface area contributed by atoms with Crippen molar-refractivity contribution in [1.29, 1.82) is 0 Å². The Bertz CT molecular complexity index is 686. The lowest BCUT2D eigenvalue weighted by Crippen LogP contribution is -1.92. The summed E-state index contributed by atoms with van der Waals surface area (Å²) >= 11 is 16.0. The van der Waals surface area contributed by atoms with Gasteiger partial charge in [-0.3, -0.25) is 10.1 Å². The van der Waals surface area contributed by atoms with E-state index in [2.05, 4.69) is 47.8 Å². The van der Waals surface area contributed by atoms with Crippen LogP contribution in [0.25, 0.3) is 0 Å². The topological polar surface area (TPSA) is 52.4 Å². The second-order valence-corrected chi connectivity index (χ2v) is 6.66. The van der Waals surface area contributed by atoms with Gasteiger partial charge in [0.15, 0.2) is 5.75 Å². The molecule has 0 aliphatic heterocycles. The molecule has 2 rings (SSSR count). The SMILES string of the molecule is O=[N+]([O-])c1cc(Br)c(Oc2ccc(CBr)c(Cl)c2)c(Br)c1. The van der Waals surface area contributed by atoms with Gasteiger partial charge in [-0.1, -0.05) is 33.6 Å². The van der Waals surface area contributed by atoms with Crippen LogP contribution < -0.4 is 4.74 Å². The first-order valence-electron chi connectivity index (χ1n) is 5.58. The van der Waals surface area contributed by atoms with E-state index in [9.17, 15) is 10.1 Å². The first-order valence-corrected chi connectivity index (χ1v) is 8.66. The maximum atomic E-state index is 10.8. The molecule has 0 unspecified atom stereocenters. The lowest BCUT2D eigenvalue weighted by molar-refractivity contribution is -0.385. The first-order chi connectivity index (χ1) is 9.92. The van der Waals surface area contributed by atoms with Crippen molar-refractivity contribution in [2.75, 3.05) is 0 Å². The molecule has 0 heterocycles. The second-order valence-electron chi connectivity index (χ2n) is 3.98. The number of benzene rings is 2. The third kappa shape index (κ3) is 3.97. The highest BCUT2D eigenvalue weighted by Gasteiger charge is 2.16. The highest BCUT2D eigenvalue weighted by Crippen LogP contribution is 2.40. The van der Waals surface area contributed by atoms with Crippen LogP contribution in [-0.2, 0) is 5.33 Å². The molecule has 0 aliphatic rings. The van der Waals surface area contributed by atoms with Crippen LogP contribution in [0.5, 0.6) is 11.5 Å². The molecule has 0 amide bonds. The van der Waals surface area contributed by atoms with Gasteiger partial charge in [0, 0.05) is 22.5 Å². The molecule has 0 N–H and O–H groups in total. The van der Waals surface area contributed by atoms with Crippen LogP contribution in [0.1, 0.15) is 5.56 Å². The molecule has 0 fully saturated rings. The van der Waals surface area contributed by atoms with Gasteiger partial charge in [-0.15, -0.1) is 0 Å². The average Bonchev–Trinajstić information content (AvgIpc) is 2.42. The third-order valence-corrected chi connectivity index (χ3v) is 4.72. The number of ether oxygens (including phenoxy) is 1. The van der Waals surface area contributed by atoms with Gasteiger partial charge >= 0.3 is 0 Å². The number of rotatable bonds is 4. The molecule has 0 aromatic heterocycles. The molecular weight excluding hydrogens is 493 g/mol. The quantitative estimate of drug-likeness (QED) is 0.275. The Morgan fingerprint density at radius 1 is 1.19 bits per heavy atom. The van der Waals surface area contributed by atoms with Gasteiger partial charge in [0.25, 0.3) is 5.69 Å². The molecular formula is C13H7Br3ClNO3. The number of halogens is 4. The fraction of sp³-hybridized carbons (Fsp3) is 0.0769. The molecule has 0 radical (unpaired) electrons. The van der Waals surface area contributed by atoms with E-state index in [4.69, 9.17) is 16.3 Å². The zero-order chi connectivity index (χ0) is 15.6. The van der Waals surface area contributed by atoms with Crippen molar-refractivity contribution >= 4 is 65.1 Å². The molecule has 0 atom stereocenters. The first kappa shape index (κ1) is 16.7. The van der Waals surface area contributed by atoms with Gasteiger partial charge in [-0.05, 0) is 49.6 Å². The Labute approximate surface area is 151 Å². The van der Waals surface area contributed by atoms with E-state index in [0.29, 0.717) is 30.8 Å². The summed E-state index contributed by atoms with van der Waals surface area (Å²) in [7, 11) is 0. The van der Waals surface area contributed by atoms with Crippen LogP contribution >= 0.6 is 59.4 Å². The van der Waals surface area contributed by atoms with Crippen molar-refractivity contribution in [1.82, 2.24) is 0 Å². The monoisotopic (exact) mass is 497 g/mol. The lowest BCUT2D eigenvalue weighted by atomic mass is 10.2. The smallest absolute Gasteiger partial charge is 0.271 e. The van der Waals surface area contributed by atoms with Crippen molar-refractivity contribution in [3.63, 3.8) is 0 Å². The van der Waals surface area contributed by atoms with E-state index in [0.717, 1.165) is 5.56 Å². The summed E-state index contributed by atoms with van der Waals surface area (Å²) in [6, 6.07) is 8.09. The fourth-order valence-corrected chi connectivity index (χ4v) is 3.78. The number of nitro benzene ring substituents is 1. The Balaban J connectivity index is 2.35. The van der Waals surface area contributed by atoms with Crippen LogP contribution in [0.2, 0.25) is 5.02 Å². The molecule has 0 saturated heterocycles. The minimum atomic E-state index is -0.471. The number of nitro groups is 1. The maximum Gasteiger partial charge on any atom is 0.271 e. The van der Waals surface area contributed by atoms with Crippen LogP contribution in [-0.4, -0.2) is 4.92 Å². The summed E-state index contributed by atoms with van der Waals surface area (Å²) in [6.45, 7) is 0. The van der Waals surface area contributed by atoms with Crippen molar-refractivity contribution < 1.29 is 9.66 Å². The Kier molecular flexibility index (Phi) is 5.65. The van der Waals surface area contributed by atoms with E-state index in [1.54, 1.807) is 12.1 Å². The van der Waals surface area contributed by atoms with Crippen LogP contribution in [0, 0.1) is 10.1 Å². The molecule has 8 heteroatoms. The molecule has 0 spiro atoms. The number of alkyl halides is 1. The van der Waals surface area contributed by atoms with Gasteiger partial charge in [0.2, 0.25) is 0 Å². The summed E-state index contributed by atoms with van der Waals surface area (Å²) in [5.74, 6) is 0.989. The number of nitrogens with zero attached hydrogens (tertiary/aromatic N) is 1. The highest BCUT2D eigenvalue weighted by atomic mass is 79.9. The minimum Gasteiger partial charge on any atom is -0.455 e. The normalized spacial score (nSPS) is 10.5. The average molecular weight is 500 g/mol. The van der Waals surface area contributed by atoms with Crippen molar-refractivity contribution in [2.45, 2.75) is 5.33 Å². The predicted octanol–water partition coefficient (Wildman–Crippen LogP) is 6.46. The van der Waals surface area contributed by atoms with Crippen molar-refractivity contribution in [3.8, 4) is 11.5 Å². The Hall–Kier alpha value is -0.630. The van der Waals surface area contributed by atoms with Gasteiger partial charge in [0.05, 0.1) is 13.9 Å². The van der Waals surface area contributed by atoms with Gasteiger partial charge in [0.1, 0.15) is 5.75 Å². The maximum absolute atomic E-state index is 10.8. The van der Waals surface area contributed by atoms with E-state index in [1.807, 2.05) is 6.07 Å². The van der Waals surface area contributed by atoms with Gasteiger partial charge < -0.3 is 4.74 Å². The molecule has 2 aromatic rings. The summed E-state index contributed by atoms with van der Waals surface area (Å²) in [6.07, 6.45) is 0. The number of hydrogen-bond donors (Lipinski definition) is 0. The van der Waals surface area contributed by atoms with Crippen LogP contribution in [0.4, 0.5) is 5.69 Å². The van der Waals surface area contributed by atoms with Crippen LogP contribution in [0.3, 0.4) is 0 Å². The van der Waals surface area contributed by atoms with Crippen molar-refractivity contribution in [3.05, 3.63) is 60.0 Å².